The van der Waals surface area contributed by atoms with E-state index in [0.717, 1.165) is 49.8 Å². The summed E-state index contributed by atoms with van der Waals surface area (Å²) in [6, 6.07) is 13.3. The molecule has 0 radical (unpaired) electrons. The van der Waals surface area contributed by atoms with E-state index >= 15 is 0 Å². The highest BCUT2D eigenvalue weighted by atomic mass is 16.6. The molecule has 2 aromatic rings. The Morgan fingerprint density at radius 3 is 2.21 bits per heavy atom. The number of non-ortho nitro benzene ring substituents is 1. The molecule has 1 aliphatic rings. The molecule has 7 heteroatoms. The predicted octanol–water partition coefficient (Wildman–Crippen LogP) is 3.37. The highest BCUT2D eigenvalue weighted by Crippen LogP contribution is 2.28. The van der Waals surface area contributed by atoms with E-state index in [-0.39, 0.29) is 10.6 Å². The van der Waals surface area contributed by atoms with Gasteiger partial charge in [0, 0.05) is 50.0 Å². The van der Waals surface area contributed by atoms with Gasteiger partial charge in [-0.1, -0.05) is 6.07 Å². The van der Waals surface area contributed by atoms with E-state index in [1.54, 1.807) is 26.4 Å². The molecule has 0 aliphatic carbocycles. The molecule has 1 saturated heterocycles. The summed E-state index contributed by atoms with van der Waals surface area (Å²) in [6.07, 6.45) is 0.942. The second-order valence-corrected chi connectivity index (χ2v) is 7.04. The van der Waals surface area contributed by atoms with Crippen LogP contribution in [0, 0.1) is 10.1 Å². The Morgan fingerprint density at radius 2 is 1.64 bits per heavy atom. The fourth-order valence-electron chi connectivity index (χ4n) is 3.68. The predicted molar refractivity (Wildman–Crippen MR) is 110 cm³/mol. The Bertz CT molecular complexity index is 802. The summed E-state index contributed by atoms with van der Waals surface area (Å²) < 4.78 is 10.7. The lowest BCUT2D eigenvalue weighted by Gasteiger charge is -2.39. The zero-order valence-electron chi connectivity index (χ0n) is 16.6. The largest absolute Gasteiger partial charge is 0.493 e. The number of ether oxygens (including phenoxy) is 2. The van der Waals surface area contributed by atoms with Crippen LogP contribution in [0.2, 0.25) is 0 Å². The Hall–Kier alpha value is -2.80. The van der Waals surface area contributed by atoms with Gasteiger partial charge in [-0.2, -0.15) is 0 Å². The van der Waals surface area contributed by atoms with Crippen LogP contribution in [0.4, 0.5) is 11.4 Å². The normalized spacial score (nSPS) is 15.9. The van der Waals surface area contributed by atoms with Crippen molar-refractivity contribution >= 4 is 11.4 Å². The van der Waals surface area contributed by atoms with E-state index in [2.05, 4.69) is 22.8 Å². The fourth-order valence-corrected chi connectivity index (χ4v) is 3.68. The molecule has 1 aliphatic heterocycles. The summed E-state index contributed by atoms with van der Waals surface area (Å²) in [4.78, 5) is 15.2. The van der Waals surface area contributed by atoms with Gasteiger partial charge in [-0.15, -0.1) is 0 Å². The molecule has 1 atom stereocenters. The van der Waals surface area contributed by atoms with E-state index in [9.17, 15) is 10.1 Å². The first-order valence-electron chi connectivity index (χ1n) is 9.46. The molecule has 0 bridgehead atoms. The molecule has 1 heterocycles. The van der Waals surface area contributed by atoms with Crippen LogP contribution in [-0.4, -0.2) is 56.3 Å². The van der Waals surface area contributed by atoms with Crippen molar-refractivity contribution in [2.45, 2.75) is 19.4 Å². The van der Waals surface area contributed by atoms with Gasteiger partial charge in [0.1, 0.15) is 0 Å². The maximum atomic E-state index is 10.8. The van der Waals surface area contributed by atoms with Crippen LogP contribution in [-0.2, 0) is 6.42 Å². The molecule has 3 rings (SSSR count). The second-order valence-electron chi connectivity index (χ2n) is 7.04. The fraction of sp³-hybridized carbons (Fsp3) is 0.429. The molecule has 0 unspecified atom stereocenters. The Labute approximate surface area is 165 Å². The minimum absolute atomic E-state index is 0.130. The number of piperazine rings is 1. The number of benzene rings is 2. The molecular formula is C21H27N3O4. The standard InChI is InChI=1S/C21H27N3O4/c1-16(14-17-4-9-20(27-2)21(15-17)28-3)22-10-12-23(13-11-22)18-5-7-19(8-6-18)24(25)26/h4-9,15-16H,10-14H2,1-3H3/t16-/m0/s1. The van der Waals surface area contributed by atoms with Crippen molar-refractivity contribution in [2.24, 2.45) is 0 Å². The second kappa shape index (κ2) is 8.93. The maximum absolute atomic E-state index is 10.8. The number of methoxy groups -OCH3 is 2. The van der Waals surface area contributed by atoms with E-state index in [4.69, 9.17) is 9.47 Å². The lowest BCUT2D eigenvalue weighted by molar-refractivity contribution is -0.384. The van der Waals surface area contributed by atoms with Crippen LogP contribution in [0.15, 0.2) is 42.5 Å². The van der Waals surface area contributed by atoms with Gasteiger partial charge in [0.25, 0.3) is 5.69 Å². The van der Waals surface area contributed by atoms with Crippen molar-refractivity contribution in [3.05, 3.63) is 58.1 Å². The van der Waals surface area contributed by atoms with Crippen molar-refractivity contribution in [1.82, 2.24) is 4.90 Å². The molecule has 2 aromatic carbocycles. The Balaban J connectivity index is 1.56. The van der Waals surface area contributed by atoms with Gasteiger partial charge in [0.05, 0.1) is 19.1 Å². The first kappa shape index (κ1) is 19.9. The summed E-state index contributed by atoms with van der Waals surface area (Å²) in [7, 11) is 3.30. The first-order valence-corrected chi connectivity index (χ1v) is 9.46. The van der Waals surface area contributed by atoms with Gasteiger partial charge in [0.2, 0.25) is 0 Å². The summed E-state index contributed by atoms with van der Waals surface area (Å²) >= 11 is 0. The van der Waals surface area contributed by atoms with E-state index in [1.807, 2.05) is 24.3 Å². The van der Waals surface area contributed by atoms with Crippen molar-refractivity contribution in [3.8, 4) is 11.5 Å². The average molecular weight is 385 g/mol. The molecule has 0 amide bonds. The Kier molecular flexibility index (Phi) is 6.36. The molecule has 7 nitrogen and oxygen atoms in total. The van der Waals surface area contributed by atoms with Crippen LogP contribution >= 0.6 is 0 Å². The molecule has 0 aromatic heterocycles. The Morgan fingerprint density at radius 1 is 1.00 bits per heavy atom. The van der Waals surface area contributed by atoms with Gasteiger partial charge in [-0.05, 0) is 43.2 Å². The minimum Gasteiger partial charge on any atom is -0.493 e. The number of nitrogens with zero attached hydrogens (tertiary/aromatic N) is 3. The first-order chi connectivity index (χ1) is 13.5. The highest BCUT2D eigenvalue weighted by Gasteiger charge is 2.22. The third kappa shape index (κ3) is 4.54. The van der Waals surface area contributed by atoms with Crippen LogP contribution < -0.4 is 14.4 Å². The third-order valence-corrected chi connectivity index (χ3v) is 5.34. The lowest BCUT2D eigenvalue weighted by Crippen LogP contribution is -2.50. The van der Waals surface area contributed by atoms with E-state index in [1.165, 1.54) is 5.56 Å². The zero-order valence-corrected chi connectivity index (χ0v) is 16.6. The topological polar surface area (TPSA) is 68.1 Å². The SMILES string of the molecule is COc1ccc(C[C@H](C)N2CCN(c3ccc([N+](=O)[O-])cc3)CC2)cc1OC. The average Bonchev–Trinajstić information content (AvgIpc) is 2.73. The number of hydrogen-bond donors (Lipinski definition) is 0. The van der Waals surface area contributed by atoms with Crippen LogP contribution in [0.3, 0.4) is 0 Å². The van der Waals surface area contributed by atoms with E-state index in [0.29, 0.717) is 6.04 Å². The van der Waals surface area contributed by atoms with Gasteiger partial charge >= 0.3 is 0 Å². The maximum Gasteiger partial charge on any atom is 0.269 e. The van der Waals surface area contributed by atoms with Crippen molar-refractivity contribution in [3.63, 3.8) is 0 Å². The number of nitro groups is 1. The molecule has 150 valence electrons. The van der Waals surface area contributed by atoms with E-state index < -0.39 is 0 Å². The molecule has 0 saturated carbocycles. The minimum atomic E-state index is -0.364. The number of anilines is 1. The van der Waals surface area contributed by atoms with Crippen LogP contribution in [0.25, 0.3) is 0 Å². The summed E-state index contributed by atoms with van der Waals surface area (Å²) in [5, 5.41) is 10.8. The molecule has 28 heavy (non-hydrogen) atoms. The third-order valence-electron chi connectivity index (χ3n) is 5.34. The lowest BCUT2D eigenvalue weighted by atomic mass is 10.0. The quantitative estimate of drug-likeness (QED) is 0.538. The summed E-state index contributed by atoms with van der Waals surface area (Å²) in [5.74, 6) is 1.51. The summed E-state index contributed by atoms with van der Waals surface area (Å²) in [5.41, 5.74) is 2.40. The van der Waals surface area contributed by atoms with Crippen molar-refractivity contribution in [2.75, 3.05) is 45.3 Å². The van der Waals surface area contributed by atoms with Gasteiger partial charge in [-0.25, -0.2) is 0 Å². The van der Waals surface area contributed by atoms with Crippen molar-refractivity contribution < 1.29 is 14.4 Å². The number of nitro benzene ring substituents is 1. The molecular weight excluding hydrogens is 358 g/mol. The van der Waals surface area contributed by atoms with Crippen molar-refractivity contribution in [1.29, 1.82) is 0 Å². The van der Waals surface area contributed by atoms with Crippen LogP contribution in [0.5, 0.6) is 11.5 Å². The monoisotopic (exact) mass is 385 g/mol. The molecule has 0 N–H and O–H groups in total. The van der Waals surface area contributed by atoms with Gasteiger partial charge < -0.3 is 14.4 Å². The van der Waals surface area contributed by atoms with Gasteiger partial charge in [-0.3, -0.25) is 15.0 Å². The van der Waals surface area contributed by atoms with Crippen LogP contribution in [0.1, 0.15) is 12.5 Å². The zero-order chi connectivity index (χ0) is 20.1. The number of hydrogen-bond acceptors (Lipinski definition) is 6. The summed E-state index contributed by atoms with van der Waals surface area (Å²) in [6.45, 7) is 6.00. The number of rotatable bonds is 7. The smallest absolute Gasteiger partial charge is 0.269 e. The highest BCUT2D eigenvalue weighted by molar-refractivity contribution is 5.51. The molecule has 1 fully saturated rings. The van der Waals surface area contributed by atoms with Gasteiger partial charge in [0.15, 0.2) is 11.5 Å². The molecule has 0 spiro atoms.